The number of aromatic nitrogens is 2. The first-order valence-corrected chi connectivity index (χ1v) is 17.0. The molecule has 0 atom stereocenters. The highest BCUT2D eigenvalue weighted by molar-refractivity contribution is 9.10. The molecule has 1 aromatic carbocycles. The molecule has 0 aliphatic rings. The van der Waals surface area contributed by atoms with E-state index in [1.807, 2.05) is 29.8 Å². The van der Waals surface area contributed by atoms with Crippen molar-refractivity contribution in [2.24, 2.45) is 0 Å². The Hall–Kier alpha value is -1.72. The first kappa shape index (κ1) is 25.9. The molecular weight excluding hydrogens is 522 g/mol. The van der Waals surface area contributed by atoms with Gasteiger partial charge in [0.15, 0.2) is 0 Å². The summed E-state index contributed by atoms with van der Waals surface area (Å²) in [6.45, 7) is 10.7. The van der Waals surface area contributed by atoms with Gasteiger partial charge in [-0.2, -0.15) is 4.98 Å². The van der Waals surface area contributed by atoms with E-state index in [0.717, 1.165) is 33.7 Å². The number of nitrogens with one attached hydrogen (secondary N) is 1. The number of rotatable bonds is 12. The summed E-state index contributed by atoms with van der Waals surface area (Å²) in [6.07, 6.45) is 2.47. The lowest BCUT2D eigenvalue weighted by Gasteiger charge is -2.15. The predicted octanol–water partition coefficient (Wildman–Crippen LogP) is 5.17. The van der Waals surface area contributed by atoms with Gasteiger partial charge in [-0.25, -0.2) is 13.1 Å². The number of benzene rings is 1. The van der Waals surface area contributed by atoms with Crippen molar-refractivity contribution in [3.8, 4) is 5.88 Å². The largest absolute Gasteiger partial charge is 0.477 e. The lowest BCUT2D eigenvalue weighted by molar-refractivity contribution is 0.0898. The van der Waals surface area contributed by atoms with Crippen LogP contribution in [0.4, 0.5) is 0 Å². The van der Waals surface area contributed by atoms with E-state index < -0.39 is 18.1 Å². The molecule has 0 aliphatic carbocycles. The summed E-state index contributed by atoms with van der Waals surface area (Å²) in [4.78, 5) is 4.91. The molecule has 2 heterocycles. The van der Waals surface area contributed by atoms with Crippen molar-refractivity contribution in [1.29, 1.82) is 0 Å². The maximum Gasteiger partial charge on any atom is 0.240 e. The molecule has 7 nitrogen and oxygen atoms in total. The molecule has 0 saturated heterocycles. The molecule has 0 unspecified atom stereocenters. The number of halogens is 1. The molecule has 0 fully saturated rings. The molecule has 0 spiro atoms. The average molecular weight is 555 g/mol. The van der Waals surface area contributed by atoms with Crippen molar-refractivity contribution in [2.75, 3.05) is 19.8 Å². The maximum absolute atomic E-state index is 12.4. The molecule has 0 aliphatic heterocycles. The van der Waals surface area contributed by atoms with Gasteiger partial charge < -0.3 is 14.0 Å². The summed E-state index contributed by atoms with van der Waals surface area (Å²) in [7, 11) is -4.65. The molecule has 0 radical (unpaired) electrons. The quantitative estimate of drug-likeness (QED) is 0.247. The second-order valence-electron chi connectivity index (χ2n) is 9.23. The number of pyridine rings is 1. The molecule has 3 aromatic rings. The van der Waals surface area contributed by atoms with Crippen molar-refractivity contribution in [3.63, 3.8) is 0 Å². The van der Waals surface area contributed by atoms with Crippen LogP contribution in [0.25, 0.3) is 11.0 Å². The Kier molecular flexibility index (Phi) is 8.74. The van der Waals surface area contributed by atoms with Crippen LogP contribution in [0.5, 0.6) is 5.88 Å². The second kappa shape index (κ2) is 11.1. The van der Waals surface area contributed by atoms with Gasteiger partial charge in [-0.05, 0) is 59.6 Å². The smallest absolute Gasteiger partial charge is 0.240 e. The molecule has 0 amide bonds. The monoisotopic (exact) mass is 553 g/mol. The number of sulfonamides is 1. The molecule has 0 saturated carbocycles. The second-order valence-corrected chi connectivity index (χ2v) is 17.5. The van der Waals surface area contributed by atoms with E-state index in [1.54, 1.807) is 24.3 Å². The van der Waals surface area contributed by atoms with E-state index in [1.165, 1.54) is 0 Å². The molecular formula is C23H32BrN3O4SSi. The van der Waals surface area contributed by atoms with Gasteiger partial charge in [-0.3, -0.25) is 0 Å². The fraction of sp³-hybridized carbons (Fsp3) is 0.435. The lowest BCUT2D eigenvalue weighted by atomic mass is 10.2. The van der Waals surface area contributed by atoms with Gasteiger partial charge in [-0.1, -0.05) is 37.3 Å². The van der Waals surface area contributed by atoms with Crippen LogP contribution in [-0.2, 0) is 21.5 Å². The van der Waals surface area contributed by atoms with E-state index in [9.17, 15) is 8.42 Å². The minimum absolute atomic E-state index is 0.261. The molecule has 3 rings (SSSR count). The van der Waals surface area contributed by atoms with Crippen molar-refractivity contribution in [2.45, 2.75) is 50.7 Å². The summed E-state index contributed by atoms with van der Waals surface area (Å²) in [5.41, 5.74) is 1.81. The third kappa shape index (κ3) is 7.64. The Labute approximate surface area is 205 Å². The van der Waals surface area contributed by atoms with E-state index in [-0.39, 0.29) is 11.4 Å². The standard InChI is InChI=1S/C23H32BrN3O4SSi/c1-18-6-8-20(9-7-18)32(28,29)25-11-5-13-31-23-21(24)16-19-10-12-27(22(19)26-23)17-30-14-15-33(2,3)4/h6-10,12,16,25H,5,11,13-15,17H2,1-4H3. The summed E-state index contributed by atoms with van der Waals surface area (Å²) in [5.74, 6) is 0.478. The van der Waals surface area contributed by atoms with Crippen molar-refractivity contribution >= 4 is 45.1 Å². The summed E-state index contributed by atoms with van der Waals surface area (Å²) >= 11 is 3.51. The predicted molar refractivity (Wildman–Crippen MR) is 138 cm³/mol. The first-order valence-electron chi connectivity index (χ1n) is 11.0. The average Bonchev–Trinajstić information content (AvgIpc) is 3.12. The van der Waals surface area contributed by atoms with Crippen molar-refractivity contribution in [1.82, 2.24) is 14.3 Å². The third-order valence-corrected chi connectivity index (χ3v) is 8.82. The van der Waals surface area contributed by atoms with Gasteiger partial charge >= 0.3 is 0 Å². The van der Waals surface area contributed by atoms with Crippen LogP contribution in [0, 0.1) is 6.92 Å². The van der Waals surface area contributed by atoms with Crippen LogP contribution in [0.2, 0.25) is 25.7 Å². The number of ether oxygens (including phenoxy) is 2. The van der Waals surface area contributed by atoms with Gasteiger partial charge in [0.1, 0.15) is 12.4 Å². The van der Waals surface area contributed by atoms with Gasteiger partial charge in [0, 0.05) is 32.8 Å². The minimum atomic E-state index is -3.52. The summed E-state index contributed by atoms with van der Waals surface area (Å²) in [6, 6.07) is 11.9. The molecule has 180 valence electrons. The topological polar surface area (TPSA) is 82.5 Å². The molecule has 10 heteroatoms. The highest BCUT2D eigenvalue weighted by Gasteiger charge is 2.14. The Bertz CT molecular complexity index is 1170. The Morgan fingerprint density at radius 2 is 1.85 bits per heavy atom. The number of nitrogens with zero attached hydrogens (tertiary/aromatic N) is 2. The third-order valence-electron chi connectivity index (χ3n) is 5.07. The van der Waals surface area contributed by atoms with E-state index in [0.29, 0.717) is 25.6 Å². The van der Waals surface area contributed by atoms with Gasteiger partial charge in [0.05, 0.1) is 16.0 Å². The van der Waals surface area contributed by atoms with E-state index in [2.05, 4.69) is 45.3 Å². The van der Waals surface area contributed by atoms with E-state index >= 15 is 0 Å². The van der Waals surface area contributed by atoms with Crippen LogP contribution in [0.1, 0.15) is 12.0 Å². The highest BCUT2D eigenvalue weighted by atomic mass is 79.9. The Morgan fingerprint density at radius 1 is 1.12 bits per heavy atom. The maximum atomic E-state index is 12.4. The van der Waals surface area contributed by atoms with Gasteiger partial charge in [0.2, 0.25) is 15.9 Å². The first-order chi connectivity index (χ1) is 15.5. The van der Waals surface area contributed by atoms with Crippen LogP contribution in [0.3, 0.4) is 0 Å². The van der Waals surface area contributed by atoms with Crippen LogP contribution in [-0.4, -0.2) is 45.8 Å². The lowest BCUT2D eigenvalue weighted by Crippen LogP contribution is -2.25. The molecule has 1 N–H and O–H groups in total. The summed E-state index contributed by atoms with van der Waals surface area (Å²) in [5, 5.41) is 0.994. The van der Waals surface area contributed by atoms with Crippen LogP contribution >= 0.6 is 15.9 Å². The molecule has 2 aromatic heterocycles. The van der Waals surface area contributed by atoms with Crippen LogP contribution < -0.4 is 9.46 Å². The van der Waals surface area contributed by atoms with Crippen LogP contribution in [0.15, 0.2) is 52.0 Å². The molecule has 0 bridgehead atoms. The zero-order valence-corrected chi connectivity index (χ0v) is 23.0. The van der Waals surface area contributed by atoms with Gasteiger partial charge in [-0.15, -0.1) is 0 Å². The molecule has 33 heavy (non-hydrogen) atoms. The Balaban J connectivity index is 1.52. The zero-order valence-electron chi connectivity index (χ0n) is 19.6. The normalized spacial score (nSPS) is 12.4. The fourth-order valence-corrected chi connectivity index (χ4v) is 5.35. The van der Waals surface area contributed by atoms with Crippen molar-refractivity contribution < 1.29 is 17.9 Å². The zero-order chi connectivity index (χ0) is 24.1. The van der Waals surface area contributed by atoms with Crippen molar-refractivity contribution in [3.05, 3.63) is 52.6 Å². The minimum Gasteiger partial charge on any atom is -0.477 e. The summed E-state index contributed by atoms with van der Waals surface area (Å²) < 4.78 is 41.8. The number of aryl methyl sites for hydroxylation is 1. The Morgan fingerprint density at radius 3 is 2.55 bits per heavy atom. The van der Waals surface area contributed by atoms with E-state index in [4.69, 9.17) is 9.47 Å². The number of hydrogen-bond donors (Lipinski definition) is 1. The van der Waals surface area contributed by atoms with Gasteiger partial charge in [0.25, 0.3) is 0 Å². The number of fused-ring (bicyclic) bond motifs is 1. The fourth-order valence-electron chi connectivity index (χ4n) is 3.07. The SMILES string of the molecule is Cc1ccc(S(=O)(=O)NCCCOc2nc3c(ccn3COCC[Si](C)(C)C)cc2Br)cc1. The highest BCUT2D eigenvalue weighted by Crippen LogP contribution is 2.28. The number of hydrogen-bond acceptors (Lipinski definition) is 5.